The number of hydrogen-bond acceptors (Lipinski definition) is 6. The number of benzene rings is 2. The van der Waals surface area contributed by atoms with E-state index in [1.165, 1.54) is 35.7 Å². The highest BCUT2D eigenvalue weighted by atomic mass is 32.2. The predicted molar refractivity (Wildman–Crippen MR) is 110 cm³/mol. The quantitative estimate of drug-likeness (QED) is 0.694. The lowest BCUT2D eigenvalue weighted by molar-refractivity contribution is 0.222. The van der Waals surface area contributed by atoms with Gasteiger partial charge in [-0.15, -0.1) is 0 Å². The van der Waals surface area contributed by atoms with Gasteiger partial charge in [0, 0.05) is 32.7 Å². The first-order chi connectivity index (χ1) is 13.7. The highest BCUT2D eigenvalue weighted by Gasteiger charge is 2.27. The molecule has 8 nitrogen and oxygen atoms in total. The minimum absolute atomic E-state index is 0.0587. The third kappa shape index (κ3) is 5.14. The van der Waals surface area contributed by atoms with Gasteiger partial charge in [-0.2, -0.15) is 4.31 Å². The smallest absolute Gasteiger partial charge is 0.243 e. The third-order valence-electron chi connectivity index (χ3n) is 4.86. The van der Waals surface area contributed by atoms with Crippen LogP contribution in [0.15, 0.2) is 58.3 Å². The molecule has 0 bridgehead atoms. The summed E-state index contributed by atoms with van der Waals surface area (Å²) in [6.07, 6.45) is 0. The normalized spacial score (nSPS) is 16.6. The summed E-state index contributed by atoms with van der Waals surface area (Å²) in [5, 5.41) is 0. The SMILES string of the molecule is COc1ccc(S(=O)(=O)NCc2ccc(S(=O)(=O)N3CCN(C)CC3)cc2)cc1. The molecule has 1 fully saturated rings. The number of hydrogen-bond donors (Lipinski definition) is 1. The van der Waals surface area contributed by atoms with Crippen LogP contribution in [0, 0.1) is 0 Å². The fourth-order valence-corrected chi connectivity index (χ4v) is 5.41. The number of rotatable bonds is 7. The predicted octanol–water partition coefficient (Wildman–Crippen LogP) is 1.11. The Labute approximate surface area is 172 Å². The lowest BCUT2D eigenvalue weighted by Crippen LogP contribution is -2.47. The van der Waals surface area contributed by atoms with E-state index < -0.39 is 20.0 Å². The zero-order valence-corrected chi connectivity index (χ0v) is 18.0. The van der Waals surface area contributed by atoms with Gasteiger partial charge in [-0.3, -0.25) is 0 Å². The van der Waals surface area contributed by atoms with Crippen LogP contribution in [0.3, 0.4) is 0 Å². The van der Waals surface area contributed by atoms with Crippen LogP contribution < -0.4 is 9.46 Å². The van der Waals surface area contributed by atoms with Crippen LogP contribution in [0.2, 0.25) is 0 Å². The van der Waals surface area contributed by atoms with E-state index in [1.807, 2.05) is 7.05 Å². The standard InChI is InChI=1S/C19H25N3O5S2/c1-21-11-13-22(14-12-21)29(25,26)19-7-3-16(4-8-19)15-20-28(23,24)18-9-5-17(27-2)6-10-18/h3-10,20H,11-15H2,1-2H3. The molecule has 29 heavy (non-hydrogen) atoms. The van der Waals surface area contributed by atoms with E-state index >= 15 is 0 Å². The van der Waals surface area contributed by atoms with Crippen molar-refractivity contribution in [1.82, 2.24) is 13.9 Å². The highest BCUT2D eigenvalue weighted by molar-refractivity contribution is 7.89. The van der Waals surface area contributed by atoms with Gasteiger partial charge in [0.1, 0.15) is 5.75 Å². The van der Waals surface area contributed by atoms with E-state index in [0.29, 0.717) is 37.5 Å². The van der Waals surface area contributed by atoms with Crippen LogP contribution in [0.25, 0.3) is 0 Å². The number of likely N-dealkylation sites (N-methyl/N-ethyl adjacent to an activating group) is 1. The molecule has 0 saturated carbocycles. The first-order valence-corrected chi connectivity index (χ1v) is 12.1. The Morgan fingerprint density at radius 1 is 0.862 bits per heavy atom. The molecule has 0 aromatic heterocycles. The second kappa shape index (κ2) is 8.80. The van der Waals surface area contributed by atoms with Crippen molar-refractivity contribution in [2.75, 3.05) is 40.3 Å². The van der Waals surface area contributed by atoms with Crippen molar-refractivity contribution < 1.29 is 21.6 Å². The molecular weight excluding hydrogens is 414 g/mol. The summed E-state index contributed by atoms with van der Waals surface area (Å²) in [5.74, 6) is 0.570. The Balaban J connectivity index is 1.65. The number of methoxy groups -OCH3 is 1. The van der Waals surface area contributed by atoms with Crippen molar-refractivity contribution in [1.29, 1.82) is 0 Å². The summed E-state index contributed by atoms with van der Waals surface area (Å²) < 4.78 is 59.3. The van der Waals surface area contributed by atoms with Crippen molar-refractivity contribution in [2.45, 2.75) is 16.3 Å². The van der Waals surface area contributed by atoms with Crippen LogP contribution >= 0.6 is 0 Å². The lowest BCUT2D eigenvalue weighted by Gasteiger charge is -2.31. The van der Waals surface area contributed by atoms with Crippen LogP contribution in [0.1, 0.15) is 5.56 Å². The molecule has 1 aliphatic rings. The van der Waals surface area contributed by atoms with Gasteiger partial charge in [-0.05, 0) is 49.0 Å². The molecule has 0 aliphatic carbocycles. The van der Waals surface area contributed by atoms with Crippen molar-refractivity contribution >= 4 is 20.0 Å². The maximum Gasteiger partial charge on any atom is 0.243 e. The molecule has 1 heterocycles. The third-order valence-corrected chi connectivity index (χ3v) is 8.19. The maximum atomic E-state index is 12.7. The summed E-state index contributed by atoms with van der Waals surface area (Å²) in [6.45, 7) is 2.38. The van der Waals surface area contributed by atoms with Crippen LogP contribution in [0.4, 0.5) is 0 Å². The zero-order chi connectivity index (χ0) is 21.1. The number of sulfonamides is 2. The van der Waals surface area contributed by atoms with Crippen LogP contribution in [0.5, 0.6) is 5.75 Å². The number of piperazine rings is 1. The lowest BCUT2D eigenvalue weighted by atomic mass is 10.2. The molecule has 3 rings (SSSR count). The van der Waals surface area contributed by atoms with Crippen LogP contribution in [-0.4, -0.2) is 66.4 Å². The summed E-state index contributed by atoms with van der Waals surface area (Å²) in [6, 6.07) is 12.4. The fourth-order valence-electron chi connectivity index (χ4n) is 2.97. The second-order valence-corrected chi connectivity index (χ2v) is 10.6. The molecule has 0 unspecified atom stereocenters. The zero-order valence-electron chi connectivity index (χ0n) is 16.4. The first kappa shape index (κ1) is 21.7. The van der Waals surface area contributed by atoms with E-state index in [-0.39, 0.29) is 16.3 Å². The van der Waals surface area contributed by atoms with E-state index in [0.717, 1.165) is 0 Å². The van der Waals surface area contributed by atoms with E-state index in [1.54, 1.807) is 24.3 Å². The highest BCUT2D eigenvalue weighted by Crippen LogP contribution is 2.19. The van der Waals surface area contributed by atoms with E-state index in [9.17, 15) is 16.8 Å². The van der Waals surface area contributed by atoms with Crippen molar-refractivity contribution in [3.05, 3.63) is 54.1 Å². The van der Waals surface area contributed by atoms with Gasteiger partial charge in [-0.1, -0.05) is 12.1 Å². The van der Waals surface area contributed by atoms with Gasteiger partial charge < -0.3 is 9.64 Å². The molecule has 0 spiro atoms. The van der Waals surface area contributed by atoms with Gasteiger partial charge in [0.2, 0.25) is 20.0 Å². The average molecular weight is 440 g/mol. The van der Waals surface area contributed by atoms with Gasteiger partial charge in [0.15, 0.2) is 0 Å². The fraction of sp³-hybridized carbons (Fsp3) is 0.368. The van der Waals surface area contributed by atoms with Gasteiger partial charge in [-0.25, -0.2) is 21.6 Å². The Hall–Kier alpha value is -1.98. The molecule has 1 saturated heterocycles. The summed E-state index contributed by atoms with van der Waals surface area (Å²) in [5.41, 5.74) is 0.666. The maximum absolute atomic E-state index is 12.7. The van der Waals surface area contributed by atoms with Gasteiger partial charge in [0.05, 0.1) is 16.9 Å². The molecular formula is C19H25N3O5S2. The minimum atomic E-state index is -3.68. The van der Waals surface area contributed by atoms with Crippen LogP contribution in [-0.2, 0) is 26.6 Å². The van der Waals surface area contributed by atoms with E-state index in [2.05, 4.69) is 9.62 Å². The molecule has 0 atom stereocenters. The Morgan fingerprint density at radius 2 is 1.41 bits per heavy atom. The molecule has 158 valence electrons. The number of nitrogens with one attached hydrogen (secondary N) is 1. The summed E-state index contributed by atoms with van der Waals surface area (Å²) >= 11 is 0. The molecule has 1 aliphatic heterocycles. The number of nitrogens with zero attached hydrogens (tertiary/aromatic N) is 2. The van der Waals surface area contributed by atoms with Crippen molar-refractivity contribution in [3.8, 4) is 5.75 Å². The van der Waals surface area contributed by atoms with Crippen molar-refractivity contribution in [2.24, 2.45) is 0 Å². The molecule has 10 heteroatoms. The Morgan fingerprint density at radius 3 is 1.97 bits per heavy atom. The topological polar surface area (TPSA) is 96.0 Å². The molecule has 0 radical (unpaired) electrons. The largest absolute Gasteiger partial charge is 0.497 e. The van der Waals surface area contributed by atoms with Crippen molar-refractivity contribution in [3.63, 3.8) is 0 Å². The van der Waals surface area contributed by atoms with E-state index in [4.69, 9.17) is 4.74 Å². The molecule has 0 amide bonds. The first-order valence-electron chi connectivity index (χ1n) is 9.14. The minimum Gasteiger partial charge on any atom is -0.497 e. The summed E-state index contributed by atoms with van der Waals surface area (Å²) in [4.78, 5) is 2.43. The molecule has 2 aromatic carbocycles. The summed E-state index contributed by atoms with van der Waals surface area (Å²) in [7, 11) is -3.75. The second-order valence-electron chi connectivity index (χ2n) is 6.85. The van der Waals surface area contributed by atoms with Gasteiger partial charge >= 0.3 is 0 Å². The molecule has 2 aromatic rings. The number of ether oxygens (including phenoxy) is 1. The monoisotopic (exact) mass is 439 g/mol. The average Bonchev–Trinajstić information content (AvgIpc) is 2.73. The molecule has 1 N–H and O–H groups in total. The van der Waals surface area contributed by atoms with Gasteiger partial charge in [0.25, 0.3) is 0 Å². The Kier molecular flexibility index (Phi) is 6.59. The Bertz CT molecular complexity index is 1030.